The molecule has 0 heterocycles. The molecule has 0 bridgehead atoms. The van der Waals surface area contributed by atoms with Gasteiger partial charge in [-0.2, -0.15) is 0 Å². The number of carbonyl (C=O) groups is 2. The Kier molecular flexibility index (Phi) is 17.4. The molecule has 1 aromatic carbocycles. The van der Waals surface area contributed by atoms with Gasteiger partial charge in [0, 0.05) is 12.2 Å². The number of carboxylic acids is 1. The highest BCUT2D eigenvalue weighted by molar-refractivity contribution is 7.98. The van der Waals surface area contributed by atoms with Crippen LogP contribution < -0.4 is 0 Å². The van der Waals surface area contributed by atoms with Crippen molar-refractivity contribution in [3.05, 3.63) is 34.9 Å². The maximum absolute atomic E-state index is 12.0. The van der Waals surface area contributed by atoms with Gasteiger partial charge in [-0.05, 0) is 35.1 Å². The van der Waals surface area contributed by atoms with Gasteiger partial charge in [-0.15, -0.1) is 0 Å². The Bertz CT molecular complexity index is 713. The summed E-state index contributed by atoms with van der Waals surface area (Å²) in [4.78, 5) is 22.4. The number of hydrogen-bond donors (Lipinski definition) is 3. The van der Waals surface area contributed by atoms with Gasteiger partial charge >= 0.3 is 5.97 Å². The second-order valence-electron chi connectivity index (χ2n) is 7.81. The average Bonchev–Trinajstić information content (AvgIpc) is 2.82. The summed E-state index contributed by atoms with van der Waals surface area (Å²) in [5.74, 6) is -0.936. The fourth-order valence-electron chi connectivity index (χ4n) is 3.08. The summed E-state index contributed by atoms with van der Waals surface area (Å²) in [7, 11) is 0. The maximum atomic E-state index is 12.0. The number of nitrogens with zero attached hydrogens (tertiary/aromatic N) is 1. The molecule has 35 heavy (non-hydrogen) atoms. The van der Waals surface area contributed by atoms with E-state index in [4.69, 9.17) is 24.1 Å². The first-order chi connectivity index (χ1) is 16.8. The van der Waals surface area contributed by atoms with Crippen LogP contribution in [0.4, 0.5) is 0 Å². The Hall–Kier alpha value is -1.73. The number of carboxylic acid groups (broad SMARTS) is 1. The van der Waals surface area contributed by atoms with E-state index in [0.717, 1.165) is 16.7 Å². The van der Waals surface area contributed by atoms with Gasteiger partial charge in [-0.1, -0.05) is 25.1 Å². The fraction of sp³-hybridized carbons (Fsp3) is 0.667. The van der Waals surface area contributed by atoms with E-state index in [1.807, 2.05) is 19.1 Å². The van der Waals surface area contributed by atoms with Gasteiger partial charge in [-0.25, -0.2) is 0 Å². The lowest BCUT2D eigenvalue weighted by Gasteiger charge is -2.23. The van der Waals surface area contributed by atoms with Crippen LogP contribution in [0.3, 0.4) is 0 Å². The third-order valence-electron chi connectivity index (χ3n) is 4.67. The zero-order valence-electron chi connectivity index (χ0n) is 20.6. The molecule has 0 radical (unpaired) electrons. The van der Waals surface area contributed by atoms with Crippen LogP contribution in [-0.4, -0.2) is 96.2 Å². The van der Waals surface area contributed by atoms with Crippen molar-refractivity contribution < 1.29 is 43.9 Å². The number of aliphatic hydroxyl groups is 2. The molecular formula is C24H39NO9S. The van der Waals surface area contributed by atoms with E-state index in [1.54, 1.807) is 10.4 Å². The molecule has 3 N–H and O–H groups in total. The number of benzene rings is 1. The van der Waals surface area contributed by atoms with Crippen LogP contribution in [0, 0.1) is 0 Å². The van der Waals surface area contributed by atoms with Crippen molar-refractivity contribution in [2.24, 2.45) is 0 Å². The number of aliphatic carboxylic acids is 1. The van der Waals surface area contributed by atoms with Gasteiger partial charge in [0.1, 0.15) is 0 Å². The lowest BCUT2D eigenvalue weighted by molar-refractivity contribution is -0.138. The Morgan fingerprint density at radius 1 is 0.829 bits per heavy atom. The molecule has 0 fully saturated rings. The van der Waals surface area contributed by atoms with E-state index < -0.39 is 5.97 Å². The summed E-state index contributed by atoms with van der Waals surface area (Å²) in [6.07, 6.45) is 0.678. The van der Waals surface area contributed by atoms with Crippen LogP contribution in [0.25, 0.3) is 0 Å². The summed E-state index contributed by atoms with van der Waals surface area (Å²) in [5, 5.41) is 27.4. The normalized spacial score (nSPS) is 12.0. The van der Waals surface area contributed by atoms with Gasteiger partial charge in [-0.3, -0.25) is 13.9 Å². The van der Waals surface area contributed by atoms with Crippen molar-refractivity contribution in [2.45, 2.75) is 45.2 Å². The lowest BCUT2D eigenvalue weighted by atomic mass is 10.0. The number of amides is 1. The SMILES string of the molecule is CC(=O)N(CCOCCOCCOCCOCCC(=O)O)SC(C)Cc1cc(CO)cc(CO)c1. The van der Waals surface area contributed by atoms with Crippen LogP contribution in [-0.2, 0) is 48.2 Å². The number of carbonyl (C=O) groups excluding carboxylic acids is 1. The minimum absolute atomic E-state index is 0.0168. The van der Waals surface area contributed by atoms with Gasteiger partial charge in [0.2, 0.25) is 5.91 Å². The highest BCUT2D eigenvalue weighted by atomic mass is 32.2. The van der Waals surface area contributed by atoms with E-state index in [2.05, 4.69) is 0 Å². The van der Waals surface area contributed by atoms with E-state index in [-0.39, 0.29) is 37.4 Å². The first-order valence-corrected chi connectivity index (χ1v) is 12.5. The zero-order chi connectivity index (χ0) is 25.9. The number of rotatable bonds is 21. The van der Waals surface area contributed by atoms with Crippen LogP contribution in [0.15, 0.2) is 18.2 Å². The maximum Gasteiger partial charge on any atom is 0.305 e. The van der Waals surface area contributed by atoms with Crippen molar-refractivity contribution in [1.29, 1.82) is 0 Å². The second kappa shape index (κ2) is 19.5. The average molecular weight is 518 g/mol. The molecule has 1 unspecified atom stereocenters. The zero-order valence-corrected chi connectivity index (χ0v) is 21.5. The molecule has 1 rings (SSSR count). The van der Waals surface area contributed by atoms with E-state index in [1.165, 1.54) is 18.9 Å². The van der Waals surface area contributed by atoms with Crippen molar-refractivity contribution in [2.75, 3.05) is 59.4 Å². The third kappa shape index (κ3) is 15.8. The van der Waals surface area contributed by atoms with Crippen molar-refractivity contribution in [3.63, 3.8) is 0 Å². The van der Waals surface area contributed by atoms with Gasteiger partial charge < -0.3 is 34.3 Å². The first-order valence-electron chi connectivity index (χ1n) is 11.7. The van der Waals surface area contributed by atoms with Gasteiger partial charge in [0.05, 0.1) is 79.0 Å². The minimum atomic E-state index is -0.886. The highest BCUT2D eigenvalue weighted by Gasteiger charge is 2.15. The molecule has 0 saturated carbocycles. The molecule has 0 aliphatic rings. The van der Waals surface area contributed by atoms with Crippen LogP contribution in [0.1, 0.15) is 37.0 Å². The molecule has 1 atom stereocenters. The predicted octanol–water partition coefficient (Wildman–Crippen LogP) is 1.64. The van der Waals surface area contributed by atoms with E-state index >= 15 is 0 Å². The summed E-state index contributed by atoms with van der Waals surface area (Å²) >= 11 is 1.45. The lowest BCUT2D eigenvalue weighted by Crippen LogP contribution is -2.28. The van der Waals surface area contributed by atoms with Crippen LogP contribution in [0.5, 0.6) is 0 Å². The Labute approximate surface area is 211 Å². The quantitative estimate of drug-likeness (QED) is 0.163. The number of hydrogen-bond acceptors (Lipinski definition) is 9. The number of aliphatic hydroxyl groups excluding tert-OH is 2. The summed E-state index contributed by atoms with van der Waals surface area (Å²) < 4.78 is 23.1. The van der Waals surface area contributed by atoms with Crippen molar-refractivity contribution in [1.82, 2.24) is 4.31 Å². The first kappa shape index (κ1) is 31.3. The molecule has 0 aliphatic heterocycles. The molecule has 200 valence electrons. The van der Waals surface area contributed by atoms with Crippen LogP contribution in [0.2, 0.25) is 0 Å². The largest absolute Gasteiger partial charge is 0.481 e. The monoisotopic (exact) mass is 517 g/mol. The fourth-order valence-corrected chi connectivity index (χ4v) is 4.11. The Morgan fingerprint density at radius 2 is 1.29 bits per heavy atom. The molecule has 11 heteroatoms. The summed E-state index contributed by atoms with van der Waals surface area (Å²) in [6, 6.07) is 5.61. The summed E-state index contributed by atoms with van der Waals surface area (Å²) in [5.41, 5.74) is 2.53. The smallest absolute Gasteiger partial charge is 0.305 e. The molecule has 10 nitrogen and oxygen atoms in total. The summed E-state index contributed by atoms with van der Waals surface area (Å²) in [6.45, 7) is 6.78. The van der Waals surface area contributed by atoms with E-state index in [9.17, 15) is 19.8 Å². The van der Waals surface area contributed by atoms with Gasteiger partial charge in [0.25, 0.3) is 0 Å². The minimum Gasteiger partial charge on any atom is -0.481 e. The van der Waals surface area contributed by atoms with Crippen molar-refractivity contribution >= 4 is 23.8 Å². The van der Waals surface area contributed by atoms with Gasteiger partial charge in [0.15, 0.2) is 0 Å². The number of ether oxygens (including phenoxy) is 4. The molecular weight excluding hydrogens is 478 g/mol. The van der Waals surface area contributed by atoms with Crippen LogP contribution >= 0.6 is 11.9 Å². The van der Waals surface area contributed by atoms with E-state index in [0.29, 0.717) is 59.2 Å². The Morgan fingerprint density at radius 3 is 1.74 bits per heavy atom. The molecule has 0 aliphatic carbocycles. The molecule has 1 aromatic rings. The third-order valence-corrected chi connectivity index (χ3v) is 5.89. The van der Waals surface area contributed by atoms with Crippen molar-refractivity contribution in [3.8, 4) is 0 Å². The predicted molar refractivity (Wildman–Crippen MR) is 132 cm³/mol. The highest BCUT2D eigenvalue weighted by Crippen LogP contribution is 2.22. The molecule has 0 aromatic heterocycles. The topological polar surface area (TPSA) is 135 Å². The molecule has 0 saturated heterocycles. The standard InChI is InChI=1S/C24H39NO9S/c1-19(13-21-14-22(17-26)16-23(15-21)18-27)35-25(20(2)28)4-6-32-8-10-34-12-11-33-9-7-31-5-3-24(29)30/h14-16,19,26-27H,3-13,17-18H2,1-2H3,(H,29,30). The molecule has 1 amide bonds. The Balaban J connectivity index is 2.14. The second-order valence-corrected chi connectivity index (χ2v) is 9.26. The molecule has 0 spiro atoms.